The molecule has 3 nitrogen and oxygen atoms in total. The van der Waals surface area contributed by atoms with Crippen molar-refractivity contribution in [3.8, 4) is 56.4 Å². The number of hydrogen-bond donors (Lipinski definition) is 0. The van der Waals surface area contributed by atoms with Crippen LogP contribution in [0.15, 0.2) is 126 Å². The molecule has 0 unspecified atom stereocenters. The van der Waals surface area contributed by atoms with Gasteiger partial charge < -0.3 is 0 Å². The number of hydrogen-bond acceptors (Lipinski definition) is 3. The third-order valence-corrected chi connectivity index (χ3v) is 7.81. The van der Waals surface area contributed by atoms with E-state index >= 15 is 0 Å². The molecule has 1 heterocycles. The first kappa shape index (κ1) is 22.8. The standard InChI is InChI=1S/C34H22BrN3/c35-31-19-9-18-28-27-17-8-16-26(29(27)21-30(28)31)24-14-7-15-25(20-24)34-37-32(22-10-3-1-4-11-22)36-33(38-34)23-12-5-2-6-13-23/h1-20H,21H2. The van der Waals surface area contributed by atoms with Crippen molar-refractivity contribution in [1.29, 1.82) is 0 Å². The second kappa shape index (κ2) is 9.47. The number of nitrogens with zero attached hydrogens (tertiary/aromatic N) is 3. The molecule has 5 aromatic carbocycles. The molecule has 0 aliphatic heterocycles. The van der Waals surface area contributed by atoms with Gasteiger partial charge in [0.15, 0.2) is 17.5 Å². The lowest BCUT2D eigenvalue weighted by atomic mass is 9.94. The largest absolute Gasteiger partial charge is 0.208 e. The molecule has 6 aromatic rings. The normalized spacial score (nSPS) is 11.7. The predicted octanol–water partition coefficient (Wildman–Crippen LogP) is 8.87. The molecule has 0 spiro atoms. The highest BCUT2D eigenvalue weighted by Crippen LogP contribution is 2.44. The minimum atomic E-state index is 0.665. The summed E-state index contributed by atoms with van der Waals surface area (Å²) in [4.78, 5) is 14.7. The van der Waals surface area contributed by atoms with E-state index in [-0.39, 0.29) is 0 Å². The maximum Gasteiger partial charge on any atom is 0.164 e. The first-order valence-corrected chi connectivity index (χ1v) is 13.4. The average molecular weight is 552 g/mol. The lowest BCUT2D eigenvalue weighted by Crippen LogP contribution is -2.00. The summed E-state index contributed by atoms with van der Waals surface area (Å²) in [5.74, 6) is 2.00. The van der Waals surface area contributed by atoms with E-state index in [1.54, 1.807) is 0 Å². The SMILES string of the molecule is Brc1cccc2c1Cc1c(-c3cccc(-c4nc(-c5ccccc5)nc(-c5ccccc5)n4)c3)cccc1-2. The van der Waals surface area contributed by atoms with Crippen molar-refractivity contribution < 1.29 is 0 Å². The number of fused-ring (bicyclic) bond motifs is 3. The number of halogens is 1. The number of aromatic nitrogens is 3. The lowest BCUT2D eigenvalue weighted by molar-refractivity contribution is 1.07. The summed E-state index contributed by atoms with van der Waals surface area (Å²) in [7, 11) is 0. The van der Waals surface area contributed by atoms with Crippen molar-refractivity contribution in [1.82, 2.24) is 15.0 Å². The van der Waals surface area contributed by atoms with Crippen LogP contribution in [0.1, 0.15) is 11.1 Å². The second-order valence-electron chi connectivity index (χ2n) is 9.39. The van der Waals surface area contributed by atoms with Crippen LogP contribution < -0.4 is 0 Å². The fourth-order valence-electron chi connectivity index (χ4n) is 5.23. The van der Waals surface area contributed by atoms with E-state index < -0.39 is 0 Å². The van der Waals surface area contributed by atoms with Crippen LogP contribution in [0.2, 0.25) is 0 Å². The van der Waals surface area contributed by atoms with Crippen LogP contribution in [0.3, 0.4) is 0 Å². The fourth-order valence-corrected chi connectivity index (χ4v) is 5.74. The van der Waals surface area contributed by atoms with E-state index in [0.29, 0.717) is 17.5 Å². The molecule has 0 N–H and O–H groups in total. The Bertz CT molecular complexity index is 1740. The molecule has 0 radical (unpaired) electrons. The van der Waals surface area contributed by atoms with Gasteiger partial charge in [-0.1, -0.05) is 125 Å². The van der Waals surface area contributed by atoms with E-state index in [0.717, 1.165) is 33.1 Å². The fraction of sp³-hybridized carbons (Fsp3) is 0.0294. The summed E-state index contributed by atoms with van der Waals surface area (Å²) in [6, 6.07) is 41.8. The molecule has 180 valence electrons. The zero-order chi connectivity index (χ0) is 25.5. The summed E-state index contributed by atoms with van der Waals surface area (Å²) in [6.45, 7) is 0. The molecular formula is C34H22BrN3. The van der Waals surface area contributed by atoms with Crippen LogP contribution in [0.5, 0.6) is 0 Å². The molecule has 0 fully saturated rings. The summed E-state index contributed by atoms with van der Waals surface area (Å²) < 4.78 is 1.16. The van der Waals surface area contributed by atoms with Crippen molar-refractivity contribution in [3.05, 3.63) is 137 Å². The highest BCUT2D eigenvalue weighted by molar-refractivity contribution is 9.10. The van der Waals surface area contributed by atoms with Crippen molar-refractivity contribution in [2.75, 3.05) is 0 Å². The van der Waals surface area contributed by atoms with Crippen LogP contribution in [-0.2, 0) is 6.42 Å². The van der Waals surface area contributed by atoms with Crippen LogP contribution in [-0.4, -0.2) is 15.0 Å². The van der Waals surface area contributed by atoms with Crippen molar-refractivity contribution in [2.45, 2.75) is 6.42 Å². The van der Waals surface area contributed by atoms with Gasteiger partial charge in [0.2, 0.25) is 0 Å². The predicted molar refractivity (Wildman–Crippen MR) is 158 cm³/mol. The zero-order valence-electron chi connectivity index (χ0n) is 20.5. The van der Waals surface area contributed by atoms with Crippen LogP contribution in [0.25, 0.3) is 56.4 Å². The second-order valence-corrected chi connectivity index (χ2v) is 10.2. The highest BCUT2D eigenvalue weighted by Gasteiger charge is 2.23. The van der Waals surface area contributed by atoms with Crippen LogP contribution >= 0.6 is 15.9 Å². The van der Waals surface area contributed by atoms with E-state index in [1.807, 2.05) is 60.7 Å². The molecule has 1 aliphatic rings. The van der Waals surface area contributed by atoms with Gasteiger partial charge in [0.25, 0.3) is 0 Å². The number of benzene rings is 5. The molecule has 0 saturated heterocycles. The smallest absolute Gasteiger partial charge is 0.164 e. The topological polar surface area (TPSA) is 38.7 Å². The van der Waals surface area contributed by atoms with Crippen molar-refractivity contribution in [2.24, 2.45) is 0 Å². The van der Waals surface area contributed by atoms with Gasteiger partial charge in [-0.3, -0.25) is 0 Å². The van der Waals surface area contributed by atoms with Crippen molar-refractivity contribution in [3.63, 3.8) is 0 Å². The monoisotopic (exact) mass is 551 g/mol. The van der Waals surface area contributed by atoms with E-state index in [4.69, 9.17) is 15.0 Å². The van der Waals surface area contributed by atoms with Crippen LogP contribution in [0.4, 0.5) is 0 Å². The Morgan fingerprint density at radius 2 is 0.895 bits per heavy atom. The maximum atomic E-state index is 4.92. The first-order valence-electron chi connectivity index (χ1n) is 12.6. The van der Waals surface area contributed by atoms with Gasteiger partial charge in [0, 0.05) is 27.6 Å². The molecular weight excluding hydrogens is 530 g/mol. The molecule has 38 heavy (non-hydrogen) atoms. The summed E-state index contributed by atoms with van der Waals surface area (Å²) in [6.07, 6.45) is 0.911. The van der Waals surface area contributed by atoms with Crippen LogP contribution in [0, 0.1) is 0 Å². The molecule has 0 saturated carbocycles. The van der Waals surface area contributed by atoms with Gasteiger partial charge in [-0.15, -0.1) is 0 Å². The van der Waals surface area contributed by atoms with E-state index in [9.17, 15) is 0 Å². The Labute approximate surface area is 230 Å². The minimum Gasteiger partial charge on any atom is -0.208 e. The lowest BCUT2D eigenvalue weighted by Gasteiger charge is -2.12. The van der Waals surface area contributed by atoms with E-state index in [1.165, 1.54) is 27.8 Å². The third-order valence-electron chi connectivity index (χ3n) is 7.07. The minimum absolute atomic E-state index is 0.665. The van der Waals surface area contributed by atoms with Gasteiger partial charge in [-0.2, -0.15) is 0 Å². The van der Waals surface area contributed by atoms with Crippen molar-refractivity contribution >= 4 is 15.9 Å². The van der Waals surface area contributed by atoms with Gasteiger partial charge >= 0.3 is 0 Å². The van der Waals surface area contributed by atoms with E-state index in [2.05, 4.69) is 76.6 Å². The quantitative estimate of drug-likeness (QED) is 0.219. The Morgan fingerprint density at radius 3 is 1.55 bits per heavy atom. The first-order chi connectivity index (χ1) is 18.7. The third kappa shape index (κ3) is 4.04. The summed E-state index contributed by atoms with van der Waals surface area (Å²) >= 11 is 3.76. The maximum absolute atomic E-state index is 4.92. The molecule has 0 atom stereocenters. The Morgan fingerprint density at radius 1 is 0.421 bits per heavy atom. The van der Waals surface area contributed by atoms with Gasteiger partial charge in [-0.05, 0) is 45.5 Å². The zero-order valence-corrected chi connectivity index (χ0v) is 22.1. The van der Waals surface area contributed by atoms with Gasteiger partial charge in [0.05, 0.1) is 0 Å². The molecule has 1 aliphatic carbocycles. The summed E-state index contributed by atoms with van der Waals surface area (Å²) in [5, 5.41) is 0. The Kier molecular flexibility index (Phi) is 5.67. The summed E-state index contributed by atoms with van der Waals surface area (Å²) in [5.41, 5.74) is 10.6. The average Bonchev–Trinajstić information content (AvgIpc) is 3.38. The molecule has 0 bridgehead atoms. The van der Waals surface area contributed by atoms with Gasteiger partial charge in [-0.25, -0.2) is 15.0 Å². The van der Waals surface area contributed by atoms with Gasteiger partial charge in [0.1, 0.15) is 0 Å². The number of rotatable bonds is 4. The molecule has 1 aromatic heterocycles. The highest BCUT2D eigenvalue weighted by atomic mass is 79.9. The molecule has 7 rings (SSSR count). The Balaban J connectivity index is 1.36. The molecule has 0 amide bonds. The Hall–Kier alpha value is -4.41. The molecule has 4 heteroatoms.